The van der Waals surface area contributed by atoms with Crippen molar-refractivity contribution < 1.29 is 19.0 Å². The molecular weight excluding hydrogens is 416 g/mol. The molecular formula is C27H24N2O4. The summed E-state index contributed by atoms with van der Waals surface area (Å²) in [6, 6.07) is 28.3. The van der Waals surface area contributed by atoms with Crippen molar-refractivity contribution in [2.75, 3.05) is 12.4 Å². The molecule has 1 heterocycles. The second-order valence-electron chi connectivity index (χ2n) is 7.25. The molecule has 0 saturated heterocycles. The first-order chi connectivity index (χ1) is 16.2. The summed E-state index contributed by atoms with van der Waals surface area (Å²) in [5.41, 5.74) is 3.12. The Kier molecular flexibility index (Phi) is 7.18. The highest BCUT2D eigenvalue weighted by Gasteiger charge is 2.12. The van der Waals surface area contributed by atoms with Crippen molar-refractivity contribution >= 4 is 11.6 Å². The van der Waals surface area contributed by atoms with Crippen molar-refractivity contribution in [3.63, 3.8) is 0 Å². The van der Waals surface area contributed by atoms with Crippen molar-refractivity contribution in [1.82, 2.24) is 4.98 Å². The number of ether oxygens (including phenoxy) is 3. The van der Waals surface area contributed by atoms with Gasteiger partial charge in [0.15, 0.2) is 11.5 Å². The van der Waals surface area contributed by atoms with E-state index in [1.165, 1.54) is 0 Å². The van der Waals surface area contributed by atoms with Crippen LogP contribution in [0.5, 0.6) is 17.4 Å². The molecule has 1 amide bonds. The fourth-order valence-electron chi connectivity index (χ4n) is 3.14. The first-order valence-electron chi connectivity index (χ1n) is 10.5. The maximum atomic E-state index is 12.7. The van der Waals surface area contributed by atoms with Crippen LogP contribution in [0, 0.1) is 0 Å². The number of carbonyl (C=O) groups excluding carboxylic acids is 1. The molecule has 4 rings (SSSR count). The first kappa shape index (κ1) is 21.9. The molecule has 0 unspecified atom stereocenters. The number of benzene rings is 3. The molecule has 0 bridgehead atoms. The lowest BCUT2D eigenvalue weighted by Crippen LogP contribution is -2.12. The first-order valence-corrected chi connectivity index (χ1v) is 10.5. The largest absolute Gasteiger partial charge is 0.493 e. The van der Waals surface area contributed by atoms with E-state index in [2.05, 4.69) is 10.3 Å². The third-order valence-corrected chi connectivity index (χ3v) is 4.89. The number of hydrogen-bond acceptors (Lipinski definition) is 5. The number of carbonyl (C=O) groups is 1. The molecule has 0 aliphatic carbocycles. The molecule has 1 N–H and O–H groups in total. The number of nitrogens with zero attached hydrogens (tertiary/aromatic N) is 1. The van der Waals surface area contributed by atoms with Crippen LogP contribution < -0.4 is 19.5 Å². The van der Waals surface area contributed by atoms with Gasteiger partial charge in [-0.05, 0) is 35.4 Å². The molecule has 166 valence electrons. The van der Waals surface area contributed by atoms with Crippen molar-refractivity contribution in [2.45, 2.75) is 13.2 Å². The van der Waals surface area contributed by atoms with Crippen LogP contribution in [0.2, 0.25) is 0 Å². The number of aromatic nitrogens is 1. The third kappa shape index (κ3) is 6.11. The van der Waals surface area contributed by atoms with E-state index in [-0.39, 0.29) is 5.91 Å². The van der Waals surface area contributed by atoms with Gasteiger partial charge in [0.2, 0.25) is 5.88 Å². The highest BCUT2D eigenvalue weighted by molar-refractivity contribution is 6.04. The van der Waals surface area contributed by atoms with Crippen LogP contribution in [0.3, 0.4) is 0 Å². The lowest BCUT2D eigenvalue weighted by molar-refractivity contribution is 0.102. The molecule has 3 aromatic carbocycles. The lowest BCUT2D eigenvalue weighted by Gasteiger charge is -2.12. The molecule has 4 aromatic rings. The van der Waals surface area contributed by atoms with Gasteiger partial charge in [-0.3, -0.25) is 4.79 Å². The molecule has 0 atom stereocenters. The summed E-state index contributed by atoms with van der Waals surface area (Å²) in [7, 11) is 1.55. The third-order valence-electron chi connectivity index (χ3n) is 4.89. The summed E-state index contributed by atoms with van der Waals surface area (Å²) in [5, 5.41) is 2.83. The van der Waals surface area contributed by atoms with Crippen LogP contribution in [-0.4, -0.2) is 18.0 Å². The van der Waals surface area contributed by atoms with Gasteiger partial charge >= 0.3 is 0 Å². The van der Waals surface area contributed by atoms with E-state index < -0.39 is 0 Å². The minimum absolute atomic E-state index is 0.275. The Bertz CT molecular complexity index is 1180. The molecule has 33 heavy (non-hydrogen) atoms. The minimum Gasteiger partial charge on any atom is -0.493 e. The summed E-state index contributed by atoms with van der Waals surface area (Å²) in [6.07, 6.45) is 1.56. The highest BCUT2D eigenvalue weighted by atomic mass is 16.5. The topological polar surface area (TPSA) is 69.7 Å². The molecule has 0 aliphatic heterocycles. The summed E-state index contributed by atoms with van der Waals surface area (Å²) < 4.78 is 17.0. The number of amides is 1. The zero-order chi connectivity index (χ0) is 22.9. The zero-order valence-corrected chi connectivity index (χ0v) is 18.2. The maximum absolute atomic E-state index is 12.7. The summed E-state index contributed by atoms with van der Waals surface area (Å²) >= 11 is 0. The van der Waals surface area contributed by atoms with E-state index in [0.717, 1.165) is 11.1 Å². The maximum Gasteiger partial charge on any atom is 0.255 e. The van der Waals surface area contributed by atoms with E-state index in [4.69, 9.17) is 14.2 Å². The van der Waals surface area contributed by atoms with Crippen LogP contribution >= 0.6 is 0 Å². The van der Waals surface area contributed by atoms with E-state index in [9.17, 15) is 4.79 Å². The van der Waals surface area contributed by atoms with E-state index >= 15 is 0 Å². The minimum atomic E-state index is -0.275. The Morgan fingerprint density at radius 3 is 2.06 bits per heavy atom. The van der Waals surface area contributed by atoms with Gasteiger partial charge in [-0.2, -0.15) is 0 Å². The van der Waals surface area contributed by atoms with Crippen molar-refractivity contribution in [3.8, 4) is 17.4 Å². The Labute approximate surface area is 192 Å². The predicted molar refractivity (Wildman–Crippen MR) is 127 cm³/mol. The highest BCUT2D eigenvalue weighted by Crippen LogP contribution is 2.29. The molecule has 1 aromatic heterocycles. The fourth-order valence-corrected chi connectivity index (χ4v) is 3.14. The Morgan fingerprint density at radius 1 is 0.788 bits per heavy atom. The Hall–Kier alpha value is -4.32. The van der Waals surface area contributed by atoms with E-state index in [1.54, 1.807) is 43.6 Å². The van der Waals surface area contributed by atoms with E-state index in [0.29, 0.717) is 41.8 Å². The van der Waals surface area contributed by atoms with Crippen molar-refractivity contribution in [2.24, 2.45) is 0 Å². The van der Waals surface area contributed by atoms with Crippen molar-refractivity contribution in [1.29, 1.82) is 0 Å². The Morgan fingerprint density at radius 2 is 1.45 bits per heavy atom. The number of rotatable bonds is 9. The average molecular weight is 440 g/mol. The van der Waals surface area contributed by atoms with Crippen molar-refractivity contribution in [3.05, 3.63) is 114 Å². The van der Waals surface area contributed by atoms with Gasteiger partial charge < -0.3 is 19.5 Å². The summed E-state index contributed by atoms with van der Waals surface area (Å²) in [5.74, 6) is 1.27. The summed E-state index contributed by atoms with van der Waals surface area (Å²) in [6.45, 7) is 0.838. The number of pyridine rings is 1. The lowest BCUT2D eigenvalue weighted by atomic mass is 10.2. The smallest absolute Gasteiger partial charge is 0.255 e. The quantitative estimate of drug-likeness (QED) is 0.372. The van der Waals surface area contributed by atoms with Gasteiger partial charge in [0.05, 0.1) is 19.0 Å². The SMILES string of the molecule is COc1cc(C(=O)Nc2ccc(OCc3ccccc3)nc2)ccc1OCc1ccccc1. The number of methoxy groups -OCH3 is 1. The predicted octanol–water partition coefficient (Wildman–Crippen LogP) is 5.50. The monoisotopic (exact) mass is 440 g/mol. The number of nitrogens with one attached hydrogen (secondary N) is 1. The fraction of sp³-hybridized carbons (Fsp3) is 0.111. The van der Waals surface area contributed by atoms with E-state index in [1.807, 2.05) is 60.7 Å². The summed E-state index contributed by atoms with van der Waals surface area (Å²) in [4.78, 5) is 17.0. The van der Waals surface area contributed by atoms with Gasteiger partial charge in [-0.15, -0.1) is 0 Å². The second-order valence-corrected chi connectivity index (χ2v) is 7.25. The normalized spacial score (nSPS) is 10.3. The second kappa shape index (κ2) is 10.8. The van der Waals surface area contributed by atoms with Crippen LogP contribution in [-0.2, 0) is 13.2 Å². The van der Waals surface area contributed by atoms with Crippen LogP contribution in [0.15, 0.2) is 97.2 Å². The van der Waals surface area contributed by atoms with Gasteiger partial charge in [-0.25, -0.2) is 4.98 Å². The molecule has 0 aliphatic rings. The van der Waals surface area contributed by atoms with Crippen LogP contribution in [0.25, 0.3) is 0 Å². The molecule has 0 radical (unpaired) electrons. The molecule has 6 nitrogen and oxygen atoms in total. The number of hydrogen-bond donors (Lipinski definition) is 1. The van der Waals surface area contributed by atoms with Crippen LogP contribution in [0.4, 0.5) is 5.69 Å². The van der Waals surface area contributed by atoms with Gasteiger partial charge in [0.1, 0.15) is 13.2 Å². The molecule has 0 spiro atoms. The standard InChI is InChI=1S/C27H24N2O4/c1-31-25-16-22(12-14-24(25)32-18-20-8-4-2-5-9-20)27(30)29-23-13-15-26(28-17-23)33-19-21-10-6-3-7-11-21/h2-17H,18-19H2,1H3,(H,29,30). The average Bonchev–Trinajstić information content (AvgIpc) is 2.88. The number of anilines is 1. The molecule has 0 fully saturated rings. The molecule has 0 saturated carbocycles. The van der Waals surface area contributed by atoms with Gasteiger partial charge in [-0.1, -0.05) is 60.7 Å². The molecule has 6 heteroatoms. The Balaban J connectivity index is 1.35. The van der Waals surface area contributed by atoms with Crippen LogP contribution in [0.1, 0.15) is 21.5 Å². The van der Waals surface area contributed by atoms with Gasteiger partial charge in [0, 0.05) is 11.6 Å². The van der Waals surface area contributed by atoms with Gasteiger partial charge in [0.25, 0.3) is 5.91 Å². The zero-order valence-electron chi connectivity index (χ0n) is 18.2.